The van der Waals surface area contributed by atoms with Crippen LogP contribution in [0.25, 0.3) is 11.6 Å². The monoisotopic (exact) mass is 372 g/mol. The van der Waals surface area contributed by atoms with Crippen LogP contribution in [0.3, 0.4) is 0 Å². The number of halogens is 1. The molecule has 0 aliphatic heterocycles. The van der Waals surface area contributed by atoms with Crippen molar-refractivity contribution in [3.8, 4) is 0 Å². The molecule has 0 saturated carbocycles. The third kappa shape index (κ3) is 4.63. The van der Waals surface area contributed by atoms with Gasteiger partial charge in [-0.25, -0.2) is 9.18 Å². The molecule has 3 heteroatoms. The Morgan fingerprint density at radius 2 is 1.46 bits per heavy atom. The lowest BCUT2D eigenvalue weighted by atomic mass is 9.81. The lowest BCUT2D eigenvalue weighted by molar-refractivity contribution is -0.131. The minimum Gasteiger partial charge on any atom is -0.478 e. The third-order valence-electron chi connectivity index (χ3n) is 4.62. The van der Waals surface area contributed by atoms with E-state index in [-0.39, 0.29) is 11.7 Å². The van der Waals surface area contributed by atoms with Gasteiger partial charge in [-0.15, -0.1) is 0 Å². The zero-order chi connectivity index (χ0) is 19.9. The highest BCUT2D eigenvalue weighted by molar-refractivity contribution is 5.85. The molecule has 28 heavy (non-hydrogen) atoms. The van der Waals surface area contributed by atoms with Crippen LogP contribution in [0.2, 0.25) is 0 Å². The van der Waals surface area contributed by atoms with Gasteiger partial charge in [-0.2, -0.15) is 0 Å². The van der Waals surface area contributed by atoms with E-state index in [0.717, 1.165) is 33.9 Å². The van der Waals surface area contributed by atoms with Gasteiger partial charge in [-0.3, -0.25) is 0 Å². The van der Waals surface area contributed by atoms with E-state index in [4.69, 9.17) is 5.11 Å². The van der Waals surface area contributed by atoms with Crippen LogP contribution < -0.4 is 0 Å². The normalized spacial score (nSPS) is 12.9. The number of allylic oxidation sites excluding steroid dienone is 2. The molecule has 1 N–H and O–H groups in total. The summed E-state index contributed by atoms with van der Waals surface area (Å²) < 4.78 is 13.5. The number of rotatable bonds is 6. The van der Waals surface area contributed by atoms with Gasteiger partial charge in [0.1, 0.15) is 5.82 Å². The first-order chi connectivity index (χ1) is 13.6. The molecule has 0 fully saturated rings. The number of carboxylic acids is 1. The number of hydrogen-bond donors (Lipinski definition) is 1. The Kier molecular flexibility index (Phi) is 6.18. The number of hydrogen-bond acceptors (Lipinski definition) is 1. The zero-order valence-corrected chi connectivity index (χ0v) is 15.5. The Bertz CT molecular complexity index is 985. The number of benzene rings is 3. The van der Waals surface area contributed by atoms with Gasteiger partial charge in [0.15, 0.2) is 0 Å². The van der Waals surface area contributed by atoms with Crippen molar-refractivity contribution < 1.29 is 14.3 Å². The van der Waals surface area contributed by atoms with Crippen molar-refractivity contribution >= 4 is 17.6 Å². The van der Waals surface area contributed by atoms with E-state index in [1.807, 2.05) is 61.5 Å². The Morgan fingerprint density at radius 3 is 2.00 bits per heavy atom. The quantitative estimate of drug-likeness (QED) is 0.526. The Balaban J connectivity index is 2.06. The molecule has 0 bridgehead atoms. The summed E-state index contributed by atoms with van der Waals surface area (Å²) in [5, 5.41) is 8.79. The van der Waals surface area contributed by atoms with Crippen molar-refractivity contribution in [1.82, 2.24) is 0 Å². The maximum absolute atomic E-state index is 13.5. The third-order valence-corrected chi connectivity index (χ3v) is 4.62. The van der Waals surface area contributed by atoms with Crippen molar-refractivity contribution in [2.24, 2.45) is 0 Å². The van der Waals surface area contributed by atoms with E-state index in [2.05, 4.69) is 18.2 Å². The van der Waals surface area contributed by atoms with Crippen LogP contribution in [-0.2, 0) is 4.79 Å². The van der Waals surface area contributed by atoms with E-state index >= 15 is 0 Å². The summed E-state index contributed by atoms with van der Waals surface area (Å²) in [6, 6.07) is 24.4. The summed E-state index contributed by atoms with van der Waals surface area (Å²) in [5.41, 5.74) is 5.09. The molecule has 1 unspecified atom stereocenters. The summed E-state index contributed by atoms with van der Waals surface area (Å²) in [5.74, 6) is -1.31. The van der Waals surface area contributed by atoms with Crippen LogP contribution in [0.1, 0.15) is 35.1 Å². The van der Waals surface area contributed by atoms with Crippen molar-refractivity contribution in [2.45, 2.75) is 12.8 Å². The Morgan fingerprint density at radius 1 is 0.893 bits per heavy atom. The Labute approximate surface area is 164 Å². The van der Waals surface area contributed by atoms with E-state index in [1.165, 1.54) is 12.1 Å². The fourth-order valence-corrected chi connectivity index (χ4v) is 3.30. The van der Waals surface area contributed by atoms with Crippen molar-refractivity contribution in [1.29, 1.82) is 0 Å². The molecule has 3 rings (SSSR count). The fourth-order valence-electron chi connectivity index (χ4n) is 3.30. The van der Waals surface area contributed by atoms with Gasteiger partial charge in [-0.1, -0.05) is 72.8 Å². The Hall–Kier alpha value is -3.46. The second kappa shape index (κ2) is 8.96. The lowest BCUT2D eigenvalue weighted by Crippen LogP contribution is -2.05. The molecule has 0 aliphatic carbocycles. The van der Waals surface area contributed by atoms with Crippen molar-refractivity contribution in [2.75, 3.05) is 0 Å². The van der Waals surface area contributed by atoms with Crippen LogP contribution >= 0.6 is 0 Å². The van der Waals surface area contributed by atoms with Crippen LogP contribution in [0.5, 0.6) is 0 Å². The van der Waals surface area contributed by atoms with Crippen LogP contribution in [-0.4, -0.2) is 11.1 Å². The minimum atomic E-state index is -0.978. The maximum atomic E-state index is 13.5. The summed E-state index contributed by atoms with van der Waals surface area (Å²) >= 11 is 0. The second-order valence-corrected chi connectivity index (χ2v) is 6.43. The molecule has 0 aromatic heterocycles. The molecule has 140 valence electrons. The highest BCUT2D eigenvalue weighted by Gasteiger charge is 2.20. The SMILES string of the molecule is CC=C(c1ccccc1)C(c1ccc(F)cc1)c1ccc(C=CC(=O)O)cc1. The fraction of sp³-hybridized carbons (Fsp3) is 0.0800. The molecule has 0 saturated heterocycles. The van der Waals surface area contributed by atoms with Crippen LogP contribution in [0.15, 0.2) is 91.0 Å². The summed E-state index contributed by atoms with van der Waals surface area (Å²) in [4.78, 5) is 10.7. The van der Waals surface area contributed by atoms with Crippen molar-refractivity contribution in [3.05, 3.63) is 119 Å². The molecule has 2 nitrogen and oxygen atoms in total. The summed E-state index contributed by atoms with van der Waals surface area (Å²) in [6.07, 6.45) is 4.77. The standard InChI is InChI=1S/C25H21FO2/c1-2-23(19-6-4-3-5-7-19)25(21-13-15-22(26)16-14-21)20-11-8-18(9-12-20)10-17-24(27)28/h2-17,25H,1H3,(H,27,28). The van der Waals surface area contributed by atoms with E-state index in [9.17, 15) is 9.18 Å². The molecular formula is C25H21FO2. The number of carbonyl (C=O) groups is 1. The molecule has 0 spiro atoms. The van der Waals surface area contributed by atoms with Crippen LogP contribution in [0.4, 0.5) is 4.39 Å². The van der Waals surface area contributed by atoms with Gasteiger partial charge in [0.25, 0.3) is 0 Å². The first-order valence-electron chi connectivity index (χ1n) is 9.06. The van der Waals surface area contributed by atoms with Crippen molar-refractivity contribution in [3.63, 3.8) is 0 Å². The summed E-state index contributed by atoms with van der Waals surface area (Å²) in [6.45, 7) is 2.00. The van der Waals surface area contributed by atoms with Gasteiger partial charge in [0, 0.05) is 12.0 Å². The predicted molar refractivity (Wildman–Crippen MR) is 111 cm³/mol. The maximum Gasteiger partial charge on any atom is 0.328 e. The second-order valence-electron chi connectivity index (χ2n) is 6.43. The predicted octanol–water partition coefficient (Wildman–Crippen LogP) is 6.16. The topological polar surface area (TPSA) is 37.3 Å². The average Bonchev–Trinajstić information content (AvgIpc) is 2.72. The highest BCUT2D eigenvalue weighted by atomic mass is 19.1. The molecule has 3 aromatic rings. The number of aliphatic carboxylic acids is 1. The van der Waals surface area contributed by atoms with E-state index in [1.54, 1.807) is 6.08 Å². The molecule has 0 radical (unpaired) electrons. The summed E-state index contributed by atoms with van der Waals surface area (Å²) in [7, 11) is 0. The molecular weight excluding hydrogens is 351 g/mol. The average molecular weight is 372 g/mol. The van der Waals surface area contributed by atoms with E-state index in [0.29, 0.717) is 0 Å². The zero-order valence-electron chi connectivity index (χ0n) is 15.5. The molecule has 1 atom stereocenters. The number of carboxylic acid groups (broad SMARTS) is 1. The molecule has 0 heterocycles. The van der Waals surface area contributed by atoms with Gasteiger partial charge in [0.2, 0.25) is 0 Å². The van der Waals surface area contributed by atoms with Crippen LogP contribution in [0, 0.1) is 5.82 Å². The highest BCUT2D eigenvalue weighted by Crippen LogP contribution is 2.38. The lowest BCUT2D eigenvalue weighted by Gasteiger charge is -2.22. The molecule has 3 aromatic carbocycles. The van der Waals surface area contributed by atoms with E-state index < -0.39 is 5.97 Å². The minimum absolute atomic E-state index is 0.0643. The van der Waals surface area contributed by atoms with Gasteiger partial charge < -0.3 is 5.11 Å². The first-order valence-corrected chi connectivity index (χ1v) is 9.06. The van der Waals surface area contributed by atoms with Gasteiger partial charge in [0.05, 0.1) is 0 Å². The van der Waals surface area contributed by atoms with Gasteiger partial charge >= 0.3 is 5.97 Å². The first kappa shape index (κ1) is 19.3. The molecule has 0 amide bonds. The van der Waals surface area contributed by atoms with Gasteiger partial charge in [-0.05, 0) is 53.0 Å². The smallest absolute Gasteiger partial charge is 0.328 e. The largest absolute Gasteiger partial charge is 0.478 e. The molecule has 0 aliphatic rings.